The molecule has 0 unspecified atom stereocenters. The topological polar surface area (TPSA) is 35.9 Å². The number of carbonyl (C=O) groups is 1. The smallest absolute Gasteiger partial charge is 0.120 e. The fourth-order valence-electron chi connectivity index (χ4n) is 1.43. The summed E-state index contributed by atoms with van der Waals surface area (Å²) in [7, 11) is 1.93. The first kappa shape index (κ1) is 10.0. The summed E-state index contributed by atoms with van der Waals surface area (Å²) in [6, 6.07) is 0. The van der Waals surface area contributed by atoms with E-state index < -0.39 is 0 Å². The third-order valence-electron chi connectivity index (χ3n) is 2.07. The molecule has 4 nitrogen and oxygen atoms in total. The third kappa shape index (κ3) is 3.05. The maximum Gasteiger partial charge on any atom is 0.120 e. The molecule has 0 aliphatic carbocycles. The van der Waals surface area contributed by atoms with Crippen LogP contribution in [0.4, 0.5) is 0 Å². The highest BCUT2D eigenvalue weighted by Crippen LogP contribution is 2.20. The second-order valence-corrected chi connectivity index (χ2v) is 4.31. The number of nitrogens with zero attached hydrogens (tertiary/aromatic N) is 3. The average Bonchev–Trinajstić information content (AvgIpc) is 2.34. The molecule has 0 aromatic rings. The van der Waals surface area contributed by atoms with Gasteiger partial charge in [-0.3, -0.25) is 5.01 Å². The van der Waals surface area contributed by atoms with Crippen molar-refractivity contribution in [2.45, 2.75) is 20.3 Å². The summed E-state index contributed by atoms with van der Waals surface area (Å²) >= 11 is 0. The second kappa shape index (κ2) is 3.77. The van der Waals surface area contributed by atoms with Crippen molar-refractivity contribution in [1.82, 2.24) is 9.91 Å². The summed E-state index contributed by atoms with van der Waals surface area (Å²) in [4.78, 5) is 12.5. The first-order valence-electron chi connectivity index (χ1n) is 4.46. The molecular formula is C9H17N3O. The van der Waals surface area contributed by atoms with Crippen LogP contribution in [0.1, 0.15) is 20.3 Å². The van der Waals surface area contributed by atoms with Gasteiger partial charge in [0.1, 0.15) is 19.3 Å². The normalized spacial score (nSPS) is 16.8. The summed E-state index contributed by atoms with van der Waals surface area (Å²) in [6.07, 6.45) is 3.41. The fraction of sp³-hybridized carbons (Fsp3) is 0.778. The van der Waals surface area contributed by atoms with Crippen molar-refractivity contribution in [3.05, 3.63) is 0 Å². The van der Waals surface area contributed by atoms with Crippen molar-refractivity contribution in [3.63, 3.8) is 0 Å². The highest BCUT2D eigenvalue weighted by molar-refractivity contribution is 5.56. The molecule has 1 heterocycles. The van der Waals surface area contributed by atoms with Crippen molar-refractivity contribution >= 4 is 12.6 Å². The van der Waals surface area contributed by atoms with Gasteiger partial charge in [0.25, 0.3) is 0 Å². The van der Waals surface area contributed by atoms with Crippen LogP contribution in [0.3, 0.4) is 0 Å². The molecule has 0 fully saturated rings. The molecule has 0 aromatic carbocycles. The molecule has 0 saturated heterocycles. The lowest BCUT2D eigenvalue weighted by Crippen LogP contribution is -2.34. The minimum absolute atomic E-state index is 0.0406. The summed E-state index contributed by atoms with van der Waals surface area (Å²) < 4.78 is 0. The molecule has 74 valence electrons. The Morgan fingerprint density at radius 1 is 1.62 bits per heavy atom. The molecule has 13 heavy (non-hydrogen) atoms. The van der Waals surface area contributed by atoms with Gasteiger partial charge >= 0.3 is 0 Å². The molecule has 0 radical (unpaired) electrons. The zero-order chi connectivity index (χ0) is 9.90. The van der Waals surface area contributed by atoms with Crippen LogP contribution in [0.5, 0.6) is 0 Å². The predicted octanol–water partition coefficient (Wildman–Crippen LogP) is 0.750. The molecule has 1 rings (SSSR count). The molecule has 0 amide bonds. The molecule has 0 spiro atoms. The maximum atomic E-state index is 10.4. The number of carbonyl (C=O) groups excluding carboxylic acids is 1. The van der Waals surface area contributed by atoms with E-state index in [1.165, 1.54) is 0 Å². The SMILES string of the molecule is CN1CN(CC(C)(C)CC=O)C=N1. The summed E-state index contributed by atoms with van der Waals surface area (Å²) in [6.45, 7) is 5.88. The molecular weight excluding hydrogens is 166 g/mol. The van der Waals surface area contributed by atoms with E-state index >= 15 is 0 Å². The van der Waals surface area contributed by atoms with Gasteiger partial charge in [-0.1, -0.05) is 13.8 Å². The molecule has 4 heteroatoms. The quantitative estimate of drug-likeness (QED) is 0.603. The van der Waals surface area contributed by atoms with Gasteiger partial charge in [0.2, 0.25) is 0 Å². The lowest BCUT2D eigenvalue weighted by molar-refractivity contribution is -0.109. The van der Waals surface area contributed by atoms with Crippen molar-refractivity contribution < 1.29 is 4.79 Å². The zero-order valence-electron chi connectivity index (χ0n) is 8.53. The number of hydrazone groups is 1. The Hall–Kier alpha value is -1.06. The van der Waals surface area contributed by atoms with E-state index in [0.717, 1.165) is 19.5 Å². The molecule has 1 aliphatic heterocycles. The Labute approximate surface area is 79.2 Å². The maximum absolute atomic E-state index is 10.4. The summed E-state index contributed by atoms with van der Waals surface area (Å²) in [5, 5.41) is 5.98. The number of hydrogen-bond donors (Lipinski definition) is 0. The van der Waals surface area contributed by atoms with Crippen molar-refractivity contribution in [3.8, 4) is 0 Å². The Bertz CT molecular complexity index is 213. The highest BCUT2D eigenvalue weighted by Gasteiger charge is 2.22. The van der Waals surface area contributed by atoms with E-state index in [-0.39, 0.29) is 5.41 Å². The second-order valence-electron chi connectivity index (χ2n) is 4.31. The Kier molecular flexibility index (Phi) is 2.90. The van der Waals surface area contributed by atoms with E-state index in [1.807, 2.05) is 18.4 Å². The van der Waals surface area contributed by atoms with Crippen LogP contribution in [0.25, 0.3) is 0 Å². The van der Waals surface area contributed by atoms with Gasteiger partial charge in [0.05, 0.1) is 0 Å². The van der Waals surface area contributed by atoms with Crippen LogP contribution in [-0.4, -0.2) is 42.8 Å². The standard InChI is InChI=1S/C9H17N3O/c1-9(2,4-5-13)6-12-7-10-11(3)8-12/h5,7H,4,6,8H2,1-3H3. The van der Waals surface area contributed by atoms with E-state index in [2.05, 4.69) is 23.8 Å². The van der Waals surface area contributed by atoms with Crippen molar-refractivity contribution in [2.24, 2.45) is 10.5 Å². The Morgan fingerprint density at radius 2 is 2.31 bits per heavy atom. The minimum atomic E-state index is 0.0406. The molecule has 0 bridgehead atoms. The van der Waals surface area contributed by atoms with Crippen LogP contribution >= 0.6 is 0 Å². The third-order valence-corrected chi connectivity index (χ3v) is 2.07. The first-order valence-corrected chi connectivity index (χ1v) is 4.46. The monoisotopic (exact) mass is 183 g/mol. The van der Waals surface area contributed by atoms with Gasteiger partial charge in [0, 0.05) is 20.0 Å². The zero-order valence-corrected chi connectivity index (χ0v) is 8.53. The van der Waals surface area contributed by atoms with E-state index in [1.54, 1.807) is 0 Å². The van der Waals surface area contributed by atoms with E-state index in [0.29, 0.717) is 6.42 Å². The van der Waals surface area contributed by atoms with Crippen LogP contribution in [0.2, 0.25) is 0 Å². The van der Waals surface area contributed by atoms with Crippen molar-refractivity contribution in [2.75, 3.05) is 20.3 Å². The summed E-state index contributed by atoms with van der Waals surface area (Å²) in [5.41, 5.74) is 0.0406. The van der Waals surface area contributed by atoms with Gasteiger partial charge in [0.15, 0.2) is 0 Å². The fourth-order valence-corrected chi connectivity index (χ4v) is 1.43. The van der Waals surface area contributed by atoms with Crippen LogP contribution in [-0.2, 0) is 4.79 Å². The molecule has 0 saturated carbocycles. The van der Waals surface area contributed by atoms with Crippen LogP contribution in [0, 0.1) is 5.41 Å². The van der Waals surface area contributed by atoms with Gasteiger partial charge in [-0.15, -0.1) is 0 Å². The van der Waals surface area contributed by atoms with Gasteiger partial charge in [-0.25, -0.2) is 0 Å². The van der Waals surface area contributed by atoms with Crippen LogP contribution < -0.4 is 0 Å². The lowest BCUT2D eigenvalue weighted by atomic mass is 9.90. The molecule has 1 aliphatic rings. The average molecular weight is 183 g/mol. The highest BCUT2D eigenvalue weighted by atomic mass is 16.1. The number of aldehydes is 1. The number of rotatable bonds is 4. The summed E-state index contributed by atoms with van der Waals surface area (Å²) in [5.74, 6) is 0. The van der Waals surface area contributed by atoms with Crippen molar-refractivity contribution in [1.29, 1.82) is 0 Å². The predicted molar refractivity (Wildman–Crippen MR) is 52.3 cm³/mol. The molecule has 0 atom stereocenters. The van der Waals surface area contributed by atoms with Gasteiger partial charge in [-0.2, -0.15) is 5.10 Å². The van der Waals surface area contributed by atoms with Crippen LogP contribution in [0.15, 0.2) is 5.10 Å². The number of hydrogen-bond acceptors (Lipinski definition) is 4. The Balaban J connectivity index is 2.40. The van der Waals surface area contributed by atoms with E-state index in [9.17, 15) is 4.79 Å². The minimum Gasteiger partial charge on any atom is -0.342 e. The van der Waals surface area contributed by atoms with Gasteiger partial charge in [-0.05, 0) is 5.41 Å². The molecule has 0 aromatic heterocycles. The van der Waals surface area contributed by atoms with E-state index in [4.69, 9.17) is 0 Å². The largest absolute Gasteiger partial charge is 0.342 e. The lowest BCUT2D eigenvalue weighted by Gasteiger charge is -2.27. The Morgan fingerprint density at radius 3 is 2.77 bits per heavy atom. The first-order chi connectivity index (χ1) is 6.03. The van der Waals surface area contributed by atoms with Gasteiger partial charge < -0.3 is 9.69 Å². The molecule has 0 N–H and O–H groups in total.